The summed E-state index contributed by atoms with van der Waals surface area (Å²) < 4.78 is 0. The van der Waals surface area contributed by atoms with Gasteiger partial charge in [0, 0.05) is 11.7 Å². The monoisotopic (exact) mass is 214 g/mol. The molecule has 0 aromatic rings. The minimum atomic E-state index is 0.455. The van der Waals surface area contributed by atoms with E-state index in [-0.39, 0.29) is 0 Å². The molecule has 1 fully saturated rings. The predicted octanol–water partition coefficient (Wildman–Crippen LogP) is 3.67. The van der Waals surface area contributed by atoms with Crippen molar-refractivity contribution < 1.29 is 4.79 Å². The Morgan fingerprint density at radius 2 is 2.07 bits per heavy atom. The lowest BCUT2D eigenvalue weighted by Gasteiger charge is -2.10. The summed E-state index contributed by atoms with van der Waals surface area (Å²) in [5, 5.41) is 0.788. The van der Waals surface area contributed by atoms with E-state index >= 15 is 0 Å². The molecule has 0 aromatic heterocycles. The van der Waals surface area contributed by atoms with Gasteiger partial charge in [0.05, 0.1) is 5.75 Å². The van der Waals surface area contributed by atoms with E-state index in [4.69, 9.17) is 0 Å². The Labute approximate surface area is 92.0 Å². The zero-order valence-corrected chi connectivity index (χ0v) is 10.2. The summed E-state index contributed by atoms with van der Waals surface area (Å²) in [5.41, 5.74) is 0. The van der Waals surface area contributed by atoms with Gasteiger partial charge in [-0.05, 0) is 18.8 Å². The van der Waals surface area contributed by atoms with Crippen LogP contribution in [0.25, 0.3) is 0 Å². The van der Waals surface area contributed by atoms with Crippen molar-refractivity contribution in [2.75, 3.05) is 5.75 Å². The van der Waals surface area contributed by atoms with Gasteiger partial charge in [0.2, 0.25) is 0 Å². The Bertz CT molecular complexity index is 173. The molecular weight excluding hydrogens is 192 g/mol. The molecule has 0 heterocycles. The molecule has 1 unspecified atom stereocenters. The molecule has 0 radical (unpaired) electrons. The Morgan fingerprint density at radius 3 is 2.64 bits per heavy atom. The molecule has 1 rings (SSSR count). The Morgan fingerprint density at radius 1 is 1.43 bits per heavy atom. The first-order valence-electron chi connectivity index (χ1n) is 5.85. The van der Waals surface area contributed by atoms with Gasteiger partial charge in [-0.15, -0.1) is 0 Å². The van der Waals surface area contributed by atoms with Crippen LogP contribution in [0.15, 0.2) is 0 Å². The van der Waals surface area contributed by atoms with Gasteiger partial charge in [-0.2, -0.15) is 11.8 Å². The van der Waals surface area contributed by atoms with E-state index in [1.165, 1.54) is 25.7 Å². The molecule has 1 aliphatic carbocycles. The van der Waals surface area contributed by atoms with Crippen LogP contribution in [0.5, 0.6) is 0 Å². The summed E-state index contributed by atoms with van der Waals surface area (Å²) in [5.74, 6) is 1.79. The van der Waals surface area contributed by atoms with Crippen molar-refractivity contribution in [2.24, 2.45) is 5.92 Å². The van der Waals surface area contributed by atoms with E-state index in [2.05, 4.69) is 13.8 Å². The number of Topliss-reactive ketones (excluding diaryl/α,β-unsaturated/α-hetero) is 1. The topological polar surface area (TPSA) is 17.1 Å². The minimum Gasteiger partial charge on any atom is -0.299 e. The summed E-state index contributed by atoms with van der Waals surface area (Å²) in [4.78, 5) is 11.5. The van der Waals surface area contributed by atoms with E-state index in [0.29, 0.717) is 11.7 Å². The number of hydrogen-bond donors (Lipinski definition) is 0. The normalized spacial score (nSPS) is 19.9. The van der Waals surface area contributed by atoms with E-state index in [1.54, 1.807) is 0 Å². The van der Waals surface area contributed by atoms with Crippen LogP contribution in [0.3, 0.4) is 0 Å². The molecule has 0 spiro atoms. The van der Waals surface area contributed by atoms with Crippen LogP contribution in [-0.4, -0.2) is 16.8 Å². The number of carbonyl (C=O) groups is 1. The van der Waals surface area contributed by atoms with Crippen molar-refractivity contribution in [3.63, 3.8) is 0 Å². The van der Waals surface area contributed by atoms with Gasteiger partial charge >= 0.3 is 0 Å². The van der Waals surface area contributed by atoms with Crippen LogP contribution in [0, 0.1) is 5.92 Å². The summed E-state index contributed by atoms with van der Waals surface area (Å²) in [6.07, 6.45) is 7.33. The van der Waals surface area contributed by atoms with E-state index in [9.17, 15) is 4.79 Å². The van der Waals surface area contributed by atoms with Crippen LogP contribution in [0.1, 0.15) is 52.4 Å². The molecule has 1 nitrogen and oxygen atoms in total. The third-order valence-corrected chi connectivity index (χ3v) is 4.49. The van der Waals surface area contributed by atoms with E-state index in [1.807, 2.05) is 11.8 Å². The van der Waals surface area contributed by atoms with Crippen LogP contribution >= 0.6 is 11.8 Å². The molecule has 0 N–H and O–H groups in total. The predicted molar refractivity (Wildman–Crippen MR) is 63.8 cm³/mol. The minimum absolute atomic E-state index is 0.455. The Balaban J connectivity index is 2.08. The molecule has 1 aliphatic rings. The molecular formula is C12H22OS. The largest absolute Gasteiger partial charge is 0.299 e. The fraction of sp³-hybridized carbons (Fsp3) is 0.917. The number of ketones is 1. The second-order valence-corrected chi connectivity index (χ2v) is 5.76. The number of carbonyl (C=O) groups excluding carboxylic acids is 1. The van der Waals surface area contributed by atoms with Crippen molar-refractivity contribution in [1.82, 2.24) is 0 Å². The maximum Gasteiger partial charge on any atom is 0.143 e. The average molecular weight is 214 g/mol. The van der Waals surface area contributed by atoms with Gasteiger partial charge < -0.3 is 0 Å². The highest BCUT2D eigenvalue weighted by molar-refractivity contribution is 8.00. The van der Waals surface area contributed by atoms with Crippen molar-refractivity contribution in [2.45, 2.75) is 57.6 Å². The van der Waals surface area contributed by atoms with Gasteiger partial charge in [-0.25, -0.2) is 0 Å². The quantitative estimate of drug-likeness (QED) is 0.671. The highest BCUT2D eigenvalue weighted by atomic mass is 32.2. The van der Waals surface area contributed by atoms with Gasteiger partial charge in [0.1, 0.15) is 5.78 Å². The Hall–Kier alpha value is 0.0200. The highest BCUT2D eigenvalue weighted by Gasteiger charge is 2.17. The second kappa shape index (κ2) is 6.49. The number of hydrogen-bond acceptors (Lipinski definition) is 2. The third kappa shape index (κ3) is 4.50. The van der Waals surface area contributed by atoms with Gasteiger partial charge in [-0.1, -0.05) is 33.1 Å². The zero-order valence-electron chi connectivity index (χ0n) is 9.42. The van der Waals surface area contributed by atoms with Gasteiger partial charge in [-0.3, -0.25) is 4.79 Å². The fourth-order valence-electron chi connectivity index (χ4n) is 1.86. The Kier molecular flexibility index (Phi) is 5.61. The average Bonchev–Trinajstić information content (AvgIpc) is 2.67. The highest BCUT2D eigenvalue weighted by Crippen LogP contribution is 2.29. The molecule has 82 valence electrons. The van der Waals surface area contributed by atoms with Gasteiger partial charge in [0.15, 0.2) is 0 Å². The van der Waals surface area contributed by atoms with Crippen LogP contribution in [0.2, 0.25) is 0 Å². The van der Waals surface area contributed by atoms with Crippen molar-refractivity contribution >= 4 is 17.5 Å². The number of rotatable bonds is 6. The molecule has 0 amide bonds. The van der Waals surface area contributed by atoms with Gasteiger partial charge in [0.25, 0.3) is 0 Å². The first-order valence-corrected chi connectivity index (χ1v) is 6.90. The summed E-state index contributed by atoms with van der Waals surface area (Å²) in [7, 11) is 0. The smallest absolute Gasteiger partial charge is 0.143 e. The molecule has 0 aromatic carbocycles. The third-order valence-electron chi connectivity index (χ3n) is 3.06. The van der Waals surface area contributed by atoms with Crippen molar-refractivity contribution in [3.8, 4) is 0 Å². The lowest BCUT2D eigenvalue weighted by Crippen LogP contribution is -2.09. The molecule has 0 bridgehead atoms. The SMILES string of the molecule is CCC(C)CC(=O)CSC1CCCC1. The van der Waals surface area contributed by atoms with Crippen molar-refractivity contribution in [1.29, 1.82) is 0 Å². The first-order chi connectivity index (χ1) is 6.72. The number of thioether (sulfide) groups is 1. The summed E-state index contributed by atoms with van der Waals surface area (Å²) in [6, 6.07) is 0. The van der Waals surface area contributed by atoms with Crippen LogP contribution < -0.4 is 0 Å². The summed E-state index contributed by atoms with van der Waals surface area (Å²) in [6.45, 7) is 4.32. The maximum absolute atomic E-state index is 11.5. The lowest BCUT2D eigenvalue weighted by atomic mass is 10.0. The molecule has 0 aliphatic heterocycles. The lowest BCUT2D eigenvalue weighted by molar-refractivity contribution is -0.117. The zero-order chi connectivity index (χ0) is 10.4. The molecule has 2 heteroatoms. The maximum atomic E-state index is 11.5. The van der Waals surface area contributed by atoms with E-state index in [0.717, 1.165) is 23.8 Å². The van der Waals surface area contributed by atoms with Crippen LogP contribution in [-0.2, 0) is 4.79 Å². The van der Waals surface area contributed by atoms with Crippen molar-refractivity contribution in [3.05, 3.63) is 0 Å². The first kappa shape index (κ1) is 12.1. The second-order valence-electron chi connectivity index (χ2n) is 4.47. The standard InChI is InChI=1S/C12H22OS/c1-3-10(2)8-11(13)9-14-12-6-4-5-7-12/h10,12H,3-9H2,1-2H3. The molecule has 14 heavy (non-hydrogen) atoms. The van der Waals surface area contributed by atoms with Crippen LogP contribution in [0.4, 0.5) is 0 Å². The molecule has 1 saturated carbocycles. The fourth-order valence-corrected chi connectivity index (χ4v) is 3.06. The molecule has 0 saturated heterocycles. The van der Waals surface area contributed by atoms with E-state index < -0.39 is 0 Å². The summed E-state index contributed by atoms with van der Waals surface area (Å²) >= 11 is 1.90. The molecule has 1 atom stereocenters.